The number of nitrogens with one attached hydrogen (secondary N) is 1. The highest BCUT2D eigenvalue weighted by Crippen LogP contribution is 2.31. The van der Waals surface area contributed by atoms with Crippen molar-refractivity contribution in [1.82, 2.24) is 0 Å². The summed E-state index contributed by atoms with van der Waals surface area (Å²) >= 11 is 0. The van der Waals surface area contributed by atoms with Crippen molar-refractivity contribution in [2.75, 3.05) is 11.1 Å². The van der Waals surface area contributed by atoms with Crippen LogP contribution < -0.4 is 11.1 Å². The van der Waals surface area contributed by atoms with Crippen LogP contribution in [-0.2, 0) is 0 Å². The summed E-state index contributed by atoms with van der Waals surface area (Å²) in [5.41, 5.74) is 6.07. The largest absolute Gasteiger partial charge is 0.395 e. The molecular weight excluding hydrogens is 246 g/mol. The SMILES string of the molecule is CCC(Nc1cc(F)cc(F)c1N)C1CCCCC1. The minimum Gasteiger partial charge on any atom is -0.395 e. The monoisotopic (exact) mass is 268 g/mol. The Morgan fingerprint density at radius 3 is 2.58 bits per heavy atom. The molecule has 106 valence electrons. The third-order valence-electron chi connectivity index (χ3n) is 4.09. The van der Waals surface area contributed by atoms with E-state index in [1.165, 1.54) is 38.2 Å². The van der Waals surface area contributed by atoms with Crippen LogP contribution in [0.5, 0.6) is 0 Å². The maximum absolute atomic E-state index is 13.4. The lowest BCUT2D eigenvalue weighted by molar-refractivity contribution is 0.313. The highest BCUT2D eigenvalue weighted by molar-refractivity contribution is 5.67. The molecule has 1 fully saturated rings. The number of nitrogens with two attached hydrogens (primary N) is 1. The van der Waals surface area contributed by atoms with Crippen molar-refractivity contribution in [3.8, 4) is 0 Å². The molecule has 1 aliphatic rings. The molecule has 0 bridgehead atoms. The summed E-state index contributed by atoms with van der Waals surface area (Å²) in [6.07, 6.45) is 7.09. The van der Waals surface area contributed by atoms with Gasteiger partial charge in [0.25, 0.3) is 0 Å². The third-order valence-corrected chi connectivity index (χ3v) is 4.09. The van der Waals surface area contributed by atoms with Gasteiger partial charge in [0.1, 0.15) is 5.82 Å². The van der Waals surface area contributed by atoms with E-state index in [2.05, 4.69) is 12.2 Å². The first-order valence-corrected chi connectivity index (χ1v) is 7.13. The molecule has 1 aromatic rings. The minimum atomic E-state index is -0.694. The van der Waals surface area contributed by atoms with Crippen LogP contribution in [0.25, 0.3) is 0 Å². The molecule has 1 aliphatic carbocycles. The molecule has 19 heavy (non-hydrogen) atoms. The van der Waals surface area contributed by atoms with Crippen LogP contribution in [0.1, 0.15) is 45.4 Å². The number of hydrogen-bond acceptors (Lipinski definition) is 2. The minimum absolute atomic E-state index is 0.00987. The highest BCUT2D eigenvalue weighted by Gasteiger charge is 2.23. The van der Waals surface area contributed by atoms with E-state index < -0.39 is 11.6 Å². The fraction of sp³-hybridized carbons (Fsp3) is 0.600. The molecular formula is C15H22F2N2. The number of anilines is 2. The molecule has 0 aromatic heterocycles. The molecule has 0 amide bonds. The van der Waals surface area contributed by atoms with Crippen LogP contribution in [-0.4, -0.2) is 6.04 Å². The first-order valence-electron chi connectivity index (χ1n) is 7.13. The normalized spacial score (nSPS) is 18.3. The van der Waals surface area contributed by atoms with E-state index in [4.69, 9.17) is 5.73 Å². The van der Waals surface area contributed by atoms with Gasteiger partial charge in [-0.05, 0) is 31.2 Å². The van der Waals surface area contributed by atoms with Crippen LogP contribution in [0.2, 0.25) is 0 Å². The smallest absolute Gasteiger partial charge is 0.151 e. The summed E-state index contributed by atoms with van der Waals surface area (Å²) < 4.78 is 26.7. The number of benzene rings is 1. The Morgan fingerprint density at radius 2 is 1.95 bits per heavy atom. The number of halogens is 2. The van der Waals surface area contributed by atoms with Gasteiger partial charge in [-0.15, -0.1) is 0 Å². The van der Waals surface area contributed by atoms with Crippen LogP contribution >= 0.6 is 0 Å². The predicted molar refractivity (Wildman–Crippen MR) is 75.0 cm³/mol. The van der Waals surface area contributed by atoms with Gasteiger partial charge in [0.15, 0.2) is 5.82 Å². The Morgan fingerprint density at radius 1 is 1.26 bits per heavy atom. The molecule has 0 radical (unpaired) electrons. The molecule has 3 N–H and O–H groups in total. The van der Waals surface area contributed by atoms with Crippen molar-refractivity contribution in [3.05, 3.63) is 23.8 Å². The topological polar surface area (TPSA) is 38.0 Å². The highest BCUT2D eigenvalue weighted by atomic mass is 19.1. The van der Waals surface area contributed by atoms with Crippen molar-refractivity contribution >= 4 is 11.4 Å². The lowest BCUT2D eigenvalue weighted by atomic mass is 9.83. The van der Waals surface area contributed by atoms with E-state index in [1.807, 2.05) is 0 Å². The van der Waals surface area contributed by atoms with Gasteiger partial charge in [0.05, 0.1) is 11.4 Å². The molecule has 1 saturated carbocycles. The zero-order chi connectivity index (χ0) is 13.8. The van der Waals surface area contributed by atoms with Crippen molar-refractivity contribution in [2.24, 2.45) is 5.92 Å². The van der Waals surface area contributed by atoms with Crippen LogP contribution in [0.3, 0.4) is 0 Å². The van der Waals surface area contributed by atoms with E-state index in [9.17, 15) is 8.78 Å². The predicted octanol–water partition coefficient (Wildman–Crippen LogP) is 4.32. The molecule has 0 saturated heterocycles. The van der Waals surface area contributed by atoms with E-state index in [0.717, 1.165) is 12.5 Å². The Balaban J connectivity index is 2.13. The van der Waals surface area contributed by atoms with Crippen LogP contribution in [0, 0.1) is 17.6 Å². The van der Waals surface area contributed by atoms with Gasteiger partial charge in [-0.2, -0.15) is 0 Å². The fourth-order valence-corrected chi connectivity index (χ4v) is 2.99. The van der Waals surface area contributed by atoms with Gasteiger partial charge in [0, 0.05) is 12.1 Å². The summed E-state index contributed by atoms with van der Waals surface area (Å²) in [6, 6.07) is 2.34. The molecule has 4 heteroatoms. The molecule has 2 rings (SSSR count). The summed E-state index contributed by atoms with van der Waals surface area (Å²) in [6.45, 7) is 2.10. The van der Waals surface area contributed by atoms with Gasteiger partial charge < -0.3 is 11.1 Å². The van der Waals surface area contributed by atoms with E-state index in [0.29, 0.717) is 11.6 Å². The average Bonchev–Trinajstić information content (AvgIpc) is 2.42. The Hall–Kier alpha value is -1.32. The maximum Gasteiger partial charge on any atom is 0.151 e. The van der Waals surface area contributed by atoms with E-state index >= 15 is 0 Å². The quantitative estimate of drug-likeness (QED) is 0.798. The fourth-order valence-electron chi connectivity index (χ4n) is 2.99. The molecule has 1 aromatic carbocycles. The molecule has 0 spiro atoms. The number of rotatable bonds is 4. The summed E-state index contributed by atoms with van der Waals surface area (Å²) in [5, 5.41) is 3.24. The summed E-state index contributed by atoms with van der Waals surface area (Å²) in [5.74, 6) is -0.710. The number of hydrogen-bond donors (Lipinski definition) is 2. The first kappa shape index (κ1) is 14.1. The van der Waals surface area contributed by atoms with E-state index in [1.54, 1.807) is 0 Å². The van der Waals surface area contributed by atoms with Gasteiger partial charge in [0.2, 0.25) is 0 Å². The zero-order valence-corrected chi connectivity index (χ0v) is 11.4. The molecule has 0 aliphatic heterocycles. The first-order chi connectivity index (χ1) is 9.11. The van der Waals surface area contributed by atoms with Crippen LogP contribution in [0.4, 0.5) is 20.2 Å². The number of nitrogen functional groups attached to an aromatic ring is 1. The zero-order valence-electron chi connectivity index (χ0n) is 11.4. The molecule has 1 atom stereocenters. The maximum atomic E-state index is 13.4. The van der Waals surface area contributed by atoms with Crippen molar-refractivity contribution in [1.29, 1.82) is 0 Å². The molecule has 0 heterocycles. The van der Waals surface area contributed by atoms with Gasteiger partial charge in [-0.3, -0.25) is 0 Å². The summed E-state index contributed by atoms with van der Waals surface area (Å²) in [7, 11) is 0. The average molecular weight is 268 g/mol. The summed E-state index contributed by atoms with van der Waals surface area (Å²) in [4.78, 5) is 0. The Bertz CT molecular complexity index is 428. The third kappa shape index (κ3) is 3.37. The second-order valence-electron chi connectivity index (χ2n) is 5.41. The van der Waals surface area contributed by atoms with Crippen molar-refractivity contribution in [2.45, 2.75) is 51.5 Å². The second-order valence-corrected chi connectivity index (χ2v) is 5.41. The van der Waals surface area contributed by atoms with E-state index in [-0.39, 0.29) is 11.7 Å². The van der Waals surface area contributed by atoms with Gasteiger partial charge in [-0.25, -0.2) is 8.78 Å². The molecule has 2 nitrogen and oxygen atoms in total. The second kappa shape index (κ2) is 6.22. The van der Waals surface area contributed by atoms with Crippen molar-refractivity contribution < 1.29 is 8.78 Å². The van der Waals surface area contributed by atoms with Crippen LogP contribution in [0.15, 0.2) is 12.1 Å². The van der Waals surface area contributed by atoms with Crippen molar-refractivity contribution in [3.63, 3.8) is 0 Å². The lowest BCUT2D eigenvalue weighted by Crippen LogP contribution is -2.30. The van der Waals surface area contributed by atoms with Gasteiger partial charge in [-0.1, -0.05) is 26.2 Å². The van der Waals surface area contributed by atoms with Gasteiger partial charge >= 0.3 is 0 Å². The Labute approximate surface area is 113 Å². The lowest BCUT2D eigenvalue weighted by Gasteiger charge is -2.31. The molecule has 1 unspecified atom stereocenters. The standard InChI is InChI=1S/C15H22F2N2/c1-2-13(10-6-4-3-5-7-10)19-14-9-11(16)8-12(17)15(14)18/h8-10,13,19H,2-7,18H2,1H3. The Kier molecular flexibility index (Phi) is 4.61.